The molecule has 3 aromatic rings. The van der Waals surface area contributed by atoms with E-state index in [0.29, 0.717) is 36.8 Å². The van der Waals surface area contributed by atoms with Crippen molar-refractivity contribution in [2.24, 2.45) is 55.1 Å². The number of H-pyrrole nitrogens is 1. The molecule has 3 heterocycles. The highest BCUT2D eigenvalue weighted by Crippen LogP contribution is 2.23. The van der Waals surface area contributed by atoms with Crippen molar-refractivity contribution in [3.8, 4) is 0 Å². The van der Waals surface area contributed by atoms with Crippen molar-refractivity contribution < 1.29 is 43.2 Å². The maximum absolute atomic E-state index is 14.9. The number of aliphatic imine (C=N–C) groups is 3. The summed E-state index contributed by atoms with van der Waals surface area (Å²) in [6, 6.07) is 6.83. The number of para-hydroxylation sites is 1. The number of rotatable bonds is 30. The lowest BCUT2D eigenvalue weighted by Gasteiger charge is -2.31. The van der Waals surface area contributed by atoms with E-state index >= 15 is 0 Å². The number of benzene rings is 2. The summed E-state index contributed by atoms with van der Waals surface area (Å²) in [7, 11) is 0. The van der Waals surface area contributed by atoms with Gasteiger partial charge >= 0.3 is 0 Å². The summed E-state index contributed by atoms with van der Waals surface area (Å²) in [4.78, 5) is 142. The number of likely N-dealkylation sites (tertiary alicyclic amines) is 2. The number of carbonyl (C=O) groups excluding carboxylic acids is 9. The second-order valence-electron chi connectivity index (χ2n) is 20.1. The lowest BCUT2D eigenvalue weighted by molar-refractivity contribution is -0.143. The van der Waals surface area contributed by atoms with Gasteiger partial charge in [-0.2, -0.15) is 0 Å². The molecule has 28 nitrogen and oxygen atoms in total. The Morgan fingerprint density at radius 1 is 0.556 bits per heavy atom. The number of aromatic nitrogens is 1. The van der Waals surface area contributed by atoms with Gasteiger partial charge in [-0.3, -0.25) is 58.1 Å². The second-order valence-corrected chi connectivity index (χ2v) is 20.1. The first kappa shape index (κ1) is 62.9. The largest absolute Gasteiger partial charge is 0.370 e. The first-order valence-electron chi connectivity index (χ1n) is 27.1. The minimum Gasteiger partial charge on any atom is -0.370 e. The maximum Gasteiger partial charge on any atom is 0.246 e. The number of aromatic amines is 1. The van der Waals surface area contributed by atoms with Gasteiger partial charge < -0.3 is 86.8 Å². The van der Waals surface area contributed by atoms with Crippen LogP contribution in [0.1, 0.15) is 89.2 Å². The van der Waals surface area contributed by atoms with Crippen LogP contribution in [0.5, 0.6) is 0 Å². The van der Waals surface area contributed by atoms with E-state index in [1.807, 2.05) is 24.3 Å². The van der Waals surface area contributed by atoms with Gasteiger partial charge in [0.2, 0.25) is 53.2 Å². The number of nitrogens with one attached hydrogen (secondary N) is 7. The lowest BCUT2D eigenvalue weighted by Crippen LogP contribution is -2.60. The average Bonchev–Trinajstić information content (AvgIpc) is 4.23. The van der Waals surface area contributed by atoms with Gasteiger partial charge in [-0.25, -0.2) is 0 Å². The highest BCUT2D eigenvalue weighted by Gasteiger charge is 2.41. The van der Waals surface area contributed by atoms with Crippen molar-refractivity contribution in [2.75, 3.05) is 32.7 Å². The quantitative estimate of drug-likeness (QED) is 0.0175. The van der Waals surface area contributed by atoms with Gasteiger partial charge in [0, 0.05) is 69.6 Å². The van der Waals surface area contributed by atoms with E-state index < -0.39 is 101 Å². The first-order chi connectivity index (χ1) is 38.6. The Morgan fingerprint density at radius 2 is 1.02 bits per heavy atom. The molecule has 0 spiro atoms. The first-order valence-corrected chi connectivity index (χ1v) is 27.1. The van der Waals surface area contributed by atoms with Crippen LogP contribution < -0.4 is 72.0 Å². The minimum atomic E-state index is -1.35. The molecule has 5 rings (SSSR count). The lowest BCUT2D eigenvalue weighted by atomic mass is 10.0. The number of hydrogen-bond donors (Lipinski definition) is 14. The molecule has 81 heavy (non-hydrogen) atoms. The molecular weight excluding hydrogens is 1050 g/mol. The zero-order valence-corrected chi connectivity index (χ0v) is 45.9. The normalized spacial score (nSPS) is 17.0. The third kappa shape index (κ3) is 19.4. The number of hydrogen-bond acceptors (Lipinski definition) is 12. The van der Waals surface area contributed by atoms with E-state index in [0.717, 1.165) is 10.9 Å². The Hall–Kier alpha value is -8.98. The van der Waals surface area contributed by atoms with E-state index in [1.165, 1.54) is 23.6 Å². The number of nitrogens with two attached hydrogens (primary N) is 7. The number of carbonyl (C=O) groups is 9. The van der Waals surface area contributed by atoms with Crippen LogP contribution in [0.25, 0.3) is 10.9 Å². The van der Waals surface area contributed by atoms with Crippen LogP contribution in [0.4, 0.5) is 0 Å². The molecule has 1 aromatic heterocycles. The average molecular weight is 1130 g/mol. The predicted molar refractivity (Wildman–Crippen MR) is 303 cm³/mol. The summed E-state index contributed by atoms with van der Waals surface area (Å²) in [5.41, 5.74) is 40.8. The molecule has 2 aliphatic rings. The second kappa shape index (κ2) is 31.0. The Kier molecular flexibility index (Phi) is 24.0. The van der Waals surface area contributed by atoms with Crippen LogP contribution >= 0.6 is 0 Å². The summed E-state index contributed by atoms with van der Waals surface area (Å²) in [6.07, 6.45) is 4.02. The van der Waals surface area contributed by atoms with Gasteiger partial charge in [-0.05, 0) is 88.3 Å². The molecule has 8 atom stereocenters. The van der Waals surface area contributed by atoms with E-state index in [2.05, 4.69) is 51.9 Å². The van der Waals surface area contributed by atoms with Gasteiger partial charge in [-0.1, -0.05) is 48.5 Å². The molecule has 0 aliphatic carbocycles. The van der Waals surface area contributed by atoms with Crippen LogP contribution in [0.2, 0.25) is 0 Å². The van der Waals surface area contributed by atoms with E-state index in [9.17, 15) is 43.2 Å². The molecule has 2 aromatic carbocycles. The van der Waals surface area contributed by atoms with Crippen molar-refractivity contribution >= 4 is 81.9 Å². The third-order valence-corrected chi connectivity index (χ3v) is 13.9. The number of amides is 9. The number of fused-ring (bicyclic) bond motifs is 1. The van der Waals surface area contributed by atoms with Crippen LogP contribution in [0.15, 0.2) is 75.8 Å². The highest BCUT2D eigenvalue weighted by atomic mass is 16.2. The molecule has 9 amide bonds. The molecule has 0 bridgehead atoms. The van der Waals surface area contributed by atoms with Gasteiger partial charge in [0.15, 0.2) is 17.9 Å². The molecule has 0 unspecified atom stereocenters. The fraction of sp³-hybridized carbons (Fsp3) is 0.509. The number of nitrogens with zero attached hydrogens (tertiary/aromatic N) is 5. The maximum atomic E-state index is 14.9. The zero-order chi connectivity index (χ0) is 59.2. The van der Waals surface area contributed by atoms with E-state index in [1.54, 1.807) is 36.5 Å². The summed E-state index contributed by atoms with van der Waals surface area (Å²) in [6.45, 7) is 3.42. The van der Waals surface area contributed by atoms with Crippen molar-refractivity contribution in [2.45, 2.75) is 139 Å². The van der Waals surface area contributed by atoms with Crippen molar-refractivity contribution in [1.29, 1.82) is 0 Å². The Balaban J connectivity index is 1.38. The van der Waals surface area contributed by atoms with Crippen molar-refractivity contribution in [3.05, 3.63) is 71.9 Å². The van der Waals surface area contributed by atoms with Crippen LogP contribution in [-0.4, -0.2) is 167 Å². The topological polar surface area (TPSA) is 467 Å². The van der Waals surface area contributed by atoms with Gasteiger partial charge in [0.05, 0.1) is 0 Å². The molecule has 2 aliphatic heterocycles. The zero-order valence-electron chi connectivity index (χ0n) is 45.9. The summed E-state index contributed by atoms with van der Waals surface area (Å²) in [5.74, 6) is -6.45. The summed E-state index contributed by atoms with van der Waals surface area (Å²) >= 11 is 0. The van der Waals surface area contributed by atoms with Crippen molar-refractivity contribution in [3.63, 3.8) is 0 Å². The SMILES string of the molecule is CC(=O)N[C@@H](CCCN=C(N)N)C(=O)N[C@@H](Cc1c[nH]c2ccccc12)C(=O)N[C@@H](CCCN=C(N)N)C(=O)N[C@@H](Cc1ccccc1)C(=O)N1CCC[C@H]1C(=O)N[C@@H](C)C(=O)N[C@@H](CCCN=C(N)N)C(=O)N1CCC[C@H]1C(N)=O. The molecule has 440 valence electrons. The summed E-state index contributed by atoms with van der Waals surface area (Å²) < 4.78 is 0. The highest BCUT2D eigenvalue weighted by molar-refractivity contribution is 5.99. The number of primary amides is 1. The standard InChI is InChI=1S/C53H79N19O9/c1-30(44(75)68-38(19-10-24-63-53(59)60)49(80)71-25-11-20-41(71)43(54)74)65-48(79)42-21-12-26-72(42)50(81)40(27-32-13-4-3-5-14-32)70-46(77)37(18-9-23-62-52(57)58)67-47(78)39(28-33-29-64-35-16-7-6-15-34(33)35)69-45(76)36(66-31(2)73)17-8-22-61-51(55)56/h3-7,13-16,29-30,36-42,64H,8-12,17-28H2,1-2H3,(H2,54,74)(H,65,79)(H,66,73)(H,67,78)(H,68,75)(H,69,76)(H,70,77)(H4,55,56,61)(H4,57,58,62)(H4,59,60,63)/t30-,36-,37-,38-,39-,40-,41-,42-/m0/s1. The molecule has 28 heteroatoms. The van der Waals surface area contributed by atoms with Crippen LogP contribution in [0.3, 0.4) is 0 Å². The van der Waals surface area contributed by atoms with Gasteiger partial charge in [-0.15, -0.1) is 0 Å². The van der Waals surface area contributed by atoms with Crippen LogP contribution in [0, 0.1) is 0 Å². The minimum absolute atomic E-state index is 0.0388. The van der Waals surface area contributed by atoms with E-state index in [-0.39, 0.29) is 102 Å². The Labute approximate surface area is 469 Å². The molecule has 21 N–H and O–H groups in total. The fourth-order valence-electron chi connectivity index (χ4n) is 9.85. The molecule has 2 saturated heterocycles. The molecule has 2 fully saturated rings. The van der Waals surface area contributed by atoms with Gasteiger partial charge in [0.1, 0.15) is 48.3 Å². The molecule has 0 radical (unpaired) electrons. The molecular formula is C53H79N19O9. The van der Waals surface area contributed by atoms with E-state index in [4.69, 9.17) is 40.1 Å². The third-order valence-electron chi connectivity index (χ3n) is 13.9. The predicted octanol–water partition coefficient (Wildman–Crippen LogP) is -3.47. The Morgan fingerprint density at radius 3 is 1.59 bits per heavy atom. The van der Waals surface area contributed by atoms with Crippen LogP contribution in [-0.2, 0) is 56.0 Å². The fourth-order valence-corrected chi connectivity index (χ4v) is 9.85. The summed E-state index contributed by atoms with van der Waals surface area (Å²) in [5, 5.41) is 17.2. The Bertz CT molecular complexity index is 2780. The molecule has 0 saturated carbocycles. The number of guanidine groups is 3. The smallest absolute Gasteiger partial charge is 0.246 e. The monoisotopic (exact) mass is 1130 g/mol. The van der Waals surface area contributed by atoms with Gasteiger partial charge in [0.25, 0.3) is 0 Å². The van der Waals surface area contributed by atoms with Crippen molar-refractivity contribution in [1.82, 2.24) is 46.7 Å².